The molecule has 2 aromatic carbocycles. The molecule has 180 valence electrons. The largest absolute Gasteiger partial charge is 0.489 e. The first-order chi connectivity index (χ1) is 16.2. The molecule has 0 aliphatic carbocycles. The molecule has 4 rings (SSSR count). The summed E-state index contributed by atoms with van der Waals surface area (Å²) in [5.74, 6) is 1.22. The van der Waals surface area contributed by atoms with Gasteiger partial charge in [-0.05, 0) is 54.6 Å². The Morgan fingerprint density at radius 2 is 1.59 bits per heavy atom. The number of hydrogen-bond acceptors (Lipinski definition) is 6. The molecule has 0 amide bonds. The first-order valence-electron chi connectivity index (χ1n) is 10.3. The second kappa shape index (κ2) is 10.5. The third-order valence-corrected chi connectivity index (χ3v) is 11.0. The fourth-order valence-corrected chi connectivity index (χ4v) is 8.63. The Bertz CT molecular complexity index is 1370. The monoisotopic (exact) mass is 539 g/mol. The Kier molecular flexibility index (Phi) is 7.68. The van der Waals surface area contributed by atoms with Gasteiger partial charge in [0.25, 0.3) is 10.0 Å². The molecule has 8 nitrogen and oxygen atoms in total. The summed E-state index contributed by atoms with van der Waals surface area (Å²) in [5.41, 5.74) is 0.903. The Labute approximate surface area is 206 Å². The second-order valence-corrected chi connectivity index (χ2v) is 13.5. The highest BCUT2D eigenvalue weighted by molar-refractivity contribution is 8.00. The molecule has 0 atom stereocenters. The molecule has 1 aliphatic rings. The van der Waals surface area contributed by atoms with Gasteiger partial charge in [-0.15, -0.1) is 3.77 Å². The molecule has 1 saturated heterocycles. The number of nitrogens with zero attached hydrogens (tertiary/aromatic N) is 3. The van der Waals surface area contributed by atoms with Crippen LogP contribution in [0.2, 0.25) is 5.02 Å². The van der Waals surface area contributed by atoms with Crippen LogP contribution in [-0.4, -0.2) is 50.7 Å². The summed E-state index contributed by atoms with van der Waals surface area (Å²) < 4.78 is 62.3. The molecule has 1 fully saturated rings. The van der Waals surface area contributed by atoms with Crippen molar-refractivity contribution in [1.82, 2.24) is 9.29 Å². The van der Waals surface area contributed by atoms with Crippen molar-refractivity contribution in [2.24, 2.45) is 3.77 Å². The van der Waals surface area contributed by atoms with E-state index in [2.05, 4.69) is 8.75 Å². The van der Waals surface area contributed by atoms with Crippen molar-refractivity contribution in [3.63, 3.8) is 0 Å². The summed E-state index contributed by atoms with van der Waals surface area (Å²) in [6.45, 7) is 0.728. The molecule has 0 saturated carbocycles. The number of halogens is 1. The van der Waals surface area contributed by atoms with Gasteiger partial charge in [-0.25, -0.2) is 8.42 Å². The maximum atomic E-state index is 12.8. The number of rotatable bonds is 7. The number of aromatic nitrogens is 1. The second-order valence-electron chi connectivity index (χ2n) is 7.40. The van der Waals surface area contributed by atoms with Gasteiger partial charge in [0.1, 0.15) is 12.4 Å². The fourth-order valence-electron chi connectivity index (χ4n) is 3.24. The highest BCUT2D eigenvalue weighted by atomic mass is 35.5. The molecule has 34 heavy (non-hydrogen) atoms. The van der Waals surface area contributed by atoms with E-state index in [9.17, 15) is 16.8 Å². The molecule has 1 aliphatic heterocycles. The van der Waals surface area contributed by atoms with E-state index < -0.39 is 30.7 Å². The van der Waals surface area contributed by atoms with Gasteiger partial charge >= 0.3 is 0 Å². The first kappa shape index (κ1) is 24.8. The summed E-state index contributed by atoms with van der Waals surface area (Å²) in [4.78, 5) is 4.26. The molecule has 2 heterocycles. The summed E-state index contributed by atoms with van der Waals surface area (Å²) in [6.07, 6.45) is 3.38. The molecule has 0 radical (unpaired) electrons. The van der Waals surface area contributed by atoms with Crippen LogP contribution in [0, 0.1) is 0 Å². The van der Waals surface area contributed by atoms with Crippen LogP contribution < -0.4 is 4.74 Å². The number of pyridine rings is 1. The Balaban J connectivity index is 1.38. The van der Waals surface area contributed by atoms with E-state index in [1.165, 1.54) is 40.7 Å². The van der Waals surface area contributed by atoms with E-state index in [0.29, 0.717) is 28.9 Å². The van der Waals surface area contributed by atoms with Crippen LogP contribution in [0.25, 0.3) is 0 Å². The maximum absolute atomic E-state index is 12.8. The van der Waals surface area contributed by atoms with E-state index in [-0.39, 0.29) is 22.9 Å². The smallest absolute Gasteiger partial charge is 0.287 e. The lowest BCUT2D eigenvalue weighted by Gasteiger charge is -2.27. The minimum absolute atomic E-state index is 0.0740. The summed E-state index contributed by atoms with van der Waals surface area (Å²) >= 11 is 5.84. The average Bonchev–Trinajstić information content (AvgIpc) is 2.84. The third-order valence-electron chi connectivity index (χ3n) is 5.06. The van der Waals surface area contributed by atoms with Crippen molar-refractivity contribution in [3.05, 3.63) is 83.6 Å². The van der Waals surface area contributed by atoms with E-state index in [1.807, 2.05) is 12.1 Å². The standard InChI is InChI=1S/C22H22ClN3O5S3/c23-19-3-7-22(8-4-19)34(29,30)26-12-14-32(15-13-26)25-33(27,28)21-9-5-20(6-10-21)31-17-18-2-1-11-24-16-18/h1-11,16H,12-15,17H2. The van der Waals surface area contributed by atoms with Crippen molar-refractivity contribution in [1.29, 1.82) is 0 Å². The van der Waals surface area contributed by atoms with E-state index in [0.717, 1.165) is 5.56 Å². The lowest BCUT2D eigenvalue weighted by Crippen LogP contribution is -2.41. The number of hydrogen-bond donors (Lipinski definition) is 0. The van der Waals surface area contributed by atoms with Gasteiger partial charge < -0.3 is 4.74 Å². The van der Waals surface area contributed by atoms with E-state index in [4.69, 9.17) is 16.3 Å². The maximum Gasteiger partial charge on any atom is 0.287 e. The van der Waals surface area contributed by atoms with E-state index in [1.54, 1.807) is 24.5 Å². The summed E-state index contributed by atoms with van der Waals surface area (Å²) in [6, 6.07) is 15.8. The van der Waals surface area contributed by atoms with Crippen LogP contribution in [0.5, 0.6) is 5.75 Å². The Morgan fingerprint density at radius 1 is 0.941 bits per heavy atom. The quantitative estimate of drug-likeness (QED) is 0.455. The van der Waals surface area contributed by atoms with Gasteiger partial charge in [0.2, 0.25) is 10.0 Å². The topological polar surface area (TPSA) is 106 Å². The SMILES string of the molecule is O=S(=O)(N=S1CCN(S(=O)(=O)c2ccc(Cl)cc2)CC1)c1ccc(OCc2cccnc2)cc1. The predicted octanol–water partition coefficient (Wildman–Crippen LogP) is 3.51. The van der Waals surface area contributed by atoms with Gasteiger partial charge in [0.05, 0.1) is 9.79 Å². The average molecular weight is 540 g/mol. The van der Waals surface area contributed by atoms with Gasteiger partial charge in [-0.1, -0.05) is 28.4 Å². The summed E-state index contributed by atoms with van der Waals surface area (Å²) in [5, 5.41) is 0.455. The highest BCUT2D eigenvalue weighted by Gasteiger charge is 2.28. The zero-order chi connectivity index (χ0) is 24.2. The number of sulfonamides is 2. The Hall–Kier alpha value is -2.31. The molecule has 3 aromatic rings. The molecule has 0 spiro atoms. The van der Waals surface area contributed by atoms with Crippen LogP contribution in [0.1, 0.15) is 5.56 Å². The van der Waals surface area contributed by atoms with Crippen molar-refractivity contribution < 1.29 is 21.6 Å². The van der Waals surface area contributed by atoms with Crippen LogP contribution >= 0.6 is 11.6 Å². The van der Waals surface area contributed by atoms with Gasteiger partial charge in [0.15, 0.2) is 0 Å². The minimum atomic E-state index is -3.86. The fraction of sp³-hybridized carbons (Fsp3) is 0.227. The molecule has 0 bridgehead atoms. The van der Waals surface area contributed by atoms with Crippen molar-refractivity contribution in [2.75, 3.05) is 24.6 Å². The van der Waals surface area contributed by atoms with Crippen LogP contribution in [-0.2, 0) is 37.3 Å². The highest BCUT2D eigenvalue weighted by Crippen LogP contribution is 2.22. The lowest BCUT2D eigenvalue weighted by atomic mass is 10.3. The van der Waals surface area contributed by atoms with Gasteiger partial charge in [0, 0.05) is 47.6 Å². The predicted molar refractivity (Wildman–Crippen MR) is 132 cm³/mol. The van der Waals surface area contributed by atoms with Crippen LogP contribution in [0.4, 0.5) is 0 Å². The molecular formula is C22H22ClN3O5S3. The first-order valence-corrected chi connectivity index (χ1v) is 15.0. The number of ether oxygens (including phenoxy) is 1. The number of benzene rings is 2. The summed E-state index contributed by atoms with van der Waals surface area (Å²) in [7, 11) is -8.31. The Morgan fingerprint density at radius 3 is 2.21 bits per heavy atom. The van der Waals surface area contributed by atoms with Crippen LogP contribution in [0.3, 0.4) is 0 Å². The normalized spacial score (nSPS) is 15.7. The van der Waals surface area contributed by atoms with Crippen molar-refractivity contribution in [3.8, 4) is 5.75 Å². The molecule has 1 aromatic heterocycles. The van der Waals surface area contributed by atoms with E-state index >= 15 is 0 Å². The molecule has 0 N–H and O–H groups in total. The van der Waals surface area contributed by atoms with Crippen LogP contribution in [0.15, 0.2) is 86.6 Å². The molecular weight excluding hydrogens is 518 g/mol. The lowest BCUT2D eigenvalue weighted by molar-refractivity contribution is 0.305. The van der Waals surface area contributed by atoms with Gasteiger partial charge in [-0.2, -0.15) is 12.7 Å². The molecule has 0 unspecified atom stereocenters. The zero-order valence-electron chi connectivity index (χ0n) is 17.9. The van der Waals surface area contributed by atoms with Crippen molar-refractivity contribution >= 4 is 42.3 Å². The zero-order valence-corrected chi connectivity index (χ0v) is 21.2. The van der Waals surface area contributed by atoms with Crippen molar-refractivity contribution in [2.45, 2.75) is 16.4 Å². The van der Waals surface area contributed by atoms with Gasteiger partial charge in [-0.3, -0.25) is 4.98 Å². The minimum Gasteiger partial charge on any atom is -0.489 e. The molecule has 12 heteroatoms. The third kappa shape index (κ3) is 6.02.